The van der Waals surface area contributed by atoms with Crippen LogP contribution in [0.5, 0.6) is 0 Å². The zero-order chi connectivity index (χ0) is 26.6. The van der Waals surface area contributed by atoms with Crippen LogP contribution in [0.25, 0.3) is 0 Å². The summed E-state index contributed by atoms with van der Waals surface area (Å²) in [4.78, 5) is 20.8. The topological polar surface area (TPSA) is 78.4 Å². The molecule has 36 heavy (non-hydrogen) atoms. The number of halogens is 4. The van der Waals surface area contributed by atoms with E-state index < -0.39 is 17.6 Å². The smallest absolute Gasteiger partial charge is 0.416 e. The van der Waals surface area contributed by atoms with Crippen LogP contribution in [-0.2, 0) is 15.8 Å². The molecule has 0 bridgehead atoms. The van der Waals surface area contributed by atoms with E-state index in [0.29, 0.717) is 18.9 Å². The number of nitrogens with one attached hydrogen (secondary N) is 2. The molecule has 2 atom stereocenters. The van der Waals surface area contributed by atoms with Crippen molar-refractivity contribution in [2.75, 3.05) is 18.4 Å². The van der Waals surface area contributed by atoms with Crippen molar-refractivity contribution in [2.45, 2.75) is 57.5 Å². The molecule has 2 aromatic rings. The molecule has 2 unspecified atom stereocenters. The van der Waals surface area contributed by atoms with Crippen molar-refractivity contribution in [2.24, 2.45) is 11.8 Å². The highest BCUT2D eigenvalue weighted by molar-refractivity contribution is 5.92. The summed E-state index contributed by atoms with van der Waals surface area (Å²) in [5.74, 6) is -0.401. The predicted octanol–water partition coefficient (Wildman–Crippen LogP) is 6.46. The molecule has 4 rings (SSSR count). The number of hydrogen-bond donors (Lipinski definition) is 3. The van der Waals surface area contributed by atoms with E-state index >= 15 is 0 Å². The number of rotatable bonds is 6. The lowest BCUT2D eigenvalue weighted by atomic mass is 9.77. The third kappa shape index (κ3) is 9.97. The lowest BCUT2D eigenvalue weighted by Gasteiger charge is -2.28. The van der Waals surface area contributed by atoms with E-state index in [2.05, 4.69) is 17.6 Å². The molecule has 9 heteroatoms. The summed E-state index contributed by atoms with van der Waals surface area (Å²) >= 11 is 0. The summed E-state index contributed by atoms with van der Waals surface area (Å²) in [5, 5.41) is 12.6. The van der Waals surface area contributed by atoms with Crippen LogP contribution in [0.3, 0.4) is 0 Å². The Labute approximate surface area is 209 Å². The zero-order valence-corrected chi connectivity index (χ0v) is 20.4. The fourth-order valence-electron chi connectivity index (χ4n) is 4.15. The number of carbonyl (C=O) groups excluding carboxylic acids is 1. The molecule has 2 aliphatic carbocycles. The quantitative estimate of drug-likeness (QED) is 0.308. The molecule has 0 aliphatic heterocycles. The van der Waals surface area contributed by atoms with Crippen LogP contribution in [0.4, 0.5) is 23.2 Å². The Morgan fingerprint density at radius 1 is 1.08 bits per heavy atom. The maximum Gasteiger partial charge on any atom is 0.416 e. The minimum Gasteiger partial charge on any atom is -0.483 e. The molecule has 5 nitrogen and oxygen atoms in total. The van der Waals surface area contributed by atoms with E-state index in [1.54, 1.807) is 0 Å². The summed E-state index contributed by atoms with van der Waals surface area (Å²) in [5.41, 5.74) is -0.120. The first-order valence-electron chi connectivity index (χ1n) is 12.2. The Morgan fingerprint density at radius 2 is 1.75 bits per heavy atom. The number of benzene rings is 2. The summed E-state index contributed by atoms with van der Waals surface area (Å²) < 4.78 is 51.7. The summed E-state index contributed by atoms with van der Waals surface area (Å²) in [6, 6.07) is 12.0. The molecule has 1 amide bonds. The minimum absolute atomic E-state index is 0.218. The Balaban J connectivity index is 0.000000383. The Morgan fingerprint density at radius 3 is 2.31 bits per heavy atom. The van der Waals surface area contributed by atoms with Crippen molar-refractivity contribution in [1.29, 1.82) is 0 Å². The van der Waals surface area contributed by atoms with Crippen molar-refractivity contribution >= 4 is 18.1 Å². The molecule has 198 valence electrons. The highest BCUT2D eigenvalue weighted by atomic mass is 19.4. The van der Waals surface area contributed by atoms with Crippen LogP contribution in [-0.4, -0.2) is 30.6 Å². The highest BCUT2D eigenvalue weighted by Gasteiger charge is 2.32. The van der Waals surface area contributed by atoms with E-state index in [9.17, 15) is 22.4 Å². The first-order chi connectivity index (χ1) is 17.2. The molecular formula is C27H34F4N2O3. The molecule has 2 fully saturated rings. The molecule has 2 aliphatic rings. The highest BCUT2D eigenvalue weighted by Crippen LogP contribution is 2.37. The fraction of sp³-hybridized carbons (Fsp3) is 0.481. The Kier molecular flexibility index (Phi) is 11.9. The van der Waals surface area contributed by atoms with Crippen molar-refractivity contribution in [3.63, 3.8) is 0 Å². The third-order valence-corrected chi connectivity index (χ3v) is 6.25. The second kappa shape index (κ2) is 14.6. The molecule has 0 heterocycles. The number of anilines is 1. The van der Waals surface area contributed by atoms with Gasteiger partial charge in [0, 0.05) is 5.92 Å². The maximum absolute atomic E-state index is 13.9. The lowest BCUT2D eigenvalue weighted by Crippen LogP contribution is -2.28. The average molecular weight is 511 g/mol. The molecule has 2 saturated carbocycles. The van der Waals surface area contributed by atoms with Gasteiger partial charge in [0.15, 0.2) is 0 Å². The van der Waals surface area contributed by atoms with Gasteiger partial charge >= 0.3 is 6.18 Å². The number of alkyl halides is 3. The third-order valence-electron chi connectivity index (χ3n) is 6.25. The molecule has 3 N–H and O–H groups in total. The molecular weight excluding hydrogens is 476 g/mol. The van der Waals surface area contributed by atoms with Crippen molar-refractivity contribution in [1.82, 2.24) is 5.32 Å². The number of carboxylic acid groups (broad SMARTS) is 1. The Bertz CT molecular complexity index is 950. The second-order valence-corrected chi connectivity index (χ2v) is 9.01. The van der Waals surface area contributed by atoms with Gasteiger partial charge in [-0.15, -0.1) is 0 Å². The van der Waals surface area contributed by atoms with Gasteiger partial charge in [-0.25, -0.2) is 4.39 Å². The number of carbonyl (C=O) groups is 2. The van der Waals surface area contributed by atoms with Gasteiger partial charge in [-0.2, -0.15) is 13.2 Å². The van der Waals surface area contributed by atoms with E-state index in [-0.39, 0.29) is 29.9 Å². The number of hydrogen-bond acceptors (Lipinski definition) is 3. The van der Waals surface area contributed by atoms with E-state index in [1.165, 1.54) is 24.9 Å². The standard InChI is InChI=1S/C20H19F4NO.C6H13N.CH2O2/c21-17-12-16(20(22,23)24)9-10-18(17)25-19(26)15-8-4-7-14(11-15)13-5-2-1-3-6-13;1-2-7-5-6-3-4-6;2-1-3/h1-3,5-6,9-10,12,14-15H,4,7-8,11H2,(H,25,26);6-7H,2-5H2,1H3;1H,(H,2,3). The van der Waals surface area contributed by atoms with Gasteiger partial charge in [0.05, 0.1) is 11.3 Å². The summed E-state index contributed by atoms with van der Waals surface area (Å²) in [6.07, 6.45) is 1.53. The van der Waals surface area contributed by atoms with Gasteiger partial charge in [0.25, 0.3) is 6.47 Å². The number of amides is 1. The molecule has 0 spiro atoms. The van der Waals surface area contributed by atoms with Crippen molar-refractivity contribution < 1.29 is 32.3 Å². The van der Waals surface area contributed by atoms with E-state index in [4.69, 9.17) is 9.90 Å². The fourth-order valence-corrected chi connectivity index (χ4v) is 4.15. The molecule has 0 saturated heterocycles. The van der Waals surface area contributed by atoms with Crippen LogP contribution >= 0.6 is 0 Å². The van der Waals surface area contributed by atoms with Gasteiger partial charge in [0.2, 0.25) is 5.91 Å². The summed E-state index contributed by atoms with van der Waals surface area (Å²) in [6.45, 7) is 4.30. The van der Waals surface area contributed by atoms with Gasteiger partial charge in [-0.3, -0.25) is 9.59 Å². The minimum atomic E-state index is -4.62. The largest absolute Gasteiger partial charge is 0.483 e. The average Bonchev–Trinajstić information content (AvgIpc) is 3.69. The van der Waals surface area contributed by atoms with Crippen LogP contribution in [0.15, 0.2) is 48.5 Å². The van der Waals surface area contributed by atoms with E-state index in [0.717, 1.165) is 37.4 Å². The zero-order valence-electron chi connectivity index (χ0n) is 20.4. The van der Waals surface area contributed by atoms with Gasteiger partial charge in [-0.1, -0.05) is 43.7 Å². The van der Waals surface area contributed by atoms with Crippen molar-refractivity contribution in [3.8, 4) is 0 Å². The normalized spacial score (nSPS) is 19.1. The van der Waals surface area contributed by atoms with E-state index in [1.807, 2.05) is 30.3 Å². The predicted molar refractivity (Wildman–Crippen MR) is 131 cm³/mol. The maximum atomic E-state index is 13.9. The van der Waals surface area contributed by atoms with Crippen LogP contribution in [0, 0.1) is 17.7 Å². The van der Waals surface area contributed by atoms with Crippen LogP contribution < -0.4 is 10.6 Å². The lowest BCUT2D eigenvalue weighted by molar-refractivity contribution is -0.137. The van der Waals surface area contributed by atoms with Gasteiger partial charge < -0.3 is 15.7 Å². The Hall–Kier alpha value is -2.94. The van der Waals surface area contributed by atoms with Gasteiger partial charge in [-0.05, 0) is 80.8 Å². The molecule has 2 aromatic carbocycles. The molecule has 0 radical (unpaired) electrons. The first kappa shape index (κ1) is 29.3. The van der Waals surface area contributed by atoms with Crippen LogP contribution in [0.2, 0.25) is 0 Å². The second-order valence-electron chi connectivity index (χ2n) is 9.01. The van der Waals surface area contributed by atoms with Crippen LogP contribution in [0.1, 0.15) is 62.5 Å². The SMILES string of the molecule is CCNCC1CC1.O=C(Nc1ccc(C(F)(F)F)cc1F)C1CCCC(c2ccccc2)C1.O=CO. The molecule has 0 aromatic heterocycles. The summed E-state index contributed by atoms with van der Waals surface area (Å²) in [7, 11) is 0. The van der Waals surface area contributed by atoms with Gasteiger partial charge in [0.1, 0.15) is 5.82 Å². The first-order valence-corrected chi connectivity index (χ1v) is 12.2. The monoisotopic (exact) mass is 510 g/mol. The van der Waals surface area contributed by atoms with Crippen molar-refractivity contribution in [3.05, 3.63) is 65.5 Å².